The predicted molar refractivity (Wildman–Crippen MR) is 80.4 cm³/mol. The maximum Gasteiger partial charge on any atom is 0.143 e. The molecule has 1 aromatic rings. The van der Waals surface area contributed by atoms with Gasteiger partial charge < -0.3 is 15.2 Å². The molecular weight excluding hydrogens is 252 g/mol. The van der Waals surface area contributed by atoms with Gasteiger partial charge in [0.15, 0.2) is 0 Å². The van der Waals surface area contributed by atoms with Crippen molar-refractivity contribution in [2.45, 2.75) is 0 Å². The van der Waals surface area contributed by atoms with Gasteiger partial charge in [-0.3, -0.25) is 0 Å². The van der Waals surface area contributed by atoms with Crippen LogP contribution in [0.25, 0.3) is 0 Å². The standard InChI is InChI=1S/C16H18N2O2/c1-3-5-13(4-2)12-19-8-9-20-16-10-14(11-17)6-7-15(16)18/h3-7,10H,1-2,8-9,12,18H2/b13-5+. The number of nitrogens with zero attached hydrogens (tertiary/aromatic N) is 1. The van der Waals surface area contributed by atoms with Crippen molar-refractivity contribution < 1.29 is 9.47 Å². The molecular formula is C16H18N2O2. The Balaban J connectivity index is 2.38. The molecule has 0 spiro atoms. The number of nitrogen functional groups attached to an aromatic ring is 1. The van der Waals surface area contributed by atoms with Crippen LogP contribution in [0.4, 0.5) is 5.69 Å². The lowest BCUT2D eigenvalue weighted by molar-refractivity contribution is 0.118. The first-order valence-corrected chi connectivity index (χ1v) is 6.15. The van der Waals surface area contributed by atoms with Crippen molar-refractivity contribution in [1.82, 2.24) is 0 Å². The Morgan fingerprint density at radius 2 is 2.15 bits per heavy atom. The van der Waals surface area contributed by atoms with E-state index in [1.807, 2.05) is 12.1 Å². The number of hydrogen-bond donors (Lipinski definition) is 1. The molecule has 2 N–H and O–H groups in total. The molecule has 0 radical (unpaired) electrons. The van der Waals surface area contributed by atoms with Crippen LogP contribution in [0.3, 0.4) is 0 Å². The predicted octanol–water partition coefficient (Wildman–Crippen LogP) is 2.83. The Morgan fingerprint density at radius 1 is 1.35 bits per heavy atom. The van der Waals surface area contributed by atoms with E-state index in [4.69, 9.17) is 20.5 Å². The Kier molecular flexibility index (Phi) is 6.66. The highest BCUT2D eigenvalue weighted by Gasteiger charge is 2.02. The van der Waals surface area contributed by atoms with Crippen molar-refractivity contribution in [1.29, 1.82) is 5.26 Å². The van der Waals surface area contributed by atoms with Gasteiger partial charge in [-0.05, 0) is 17.7 Å². The normalized spacial score (nSPS) is 10.7. The summed E-state index contributed by atoms with van der Waals surface area (Å²) in [7, 11) is 0. The molecule has 4 nitrogen and oxygen atoms in total. The van der Waals surface area contributed by atoms with Crippen LogP contribution in [-0.2, 0) is 4.74 Å². The summed E-state index contributed by atoms with van der Waals surface area (Å²) in [5.74, 6) is 0.498. The van der Waals surface area contributed by atoms with Crippen molar-refractivity contribution in [2.75, 3.05) is 25.6 Å². The zero-order chi connectivity index (χ0) is 14.8. The zero-order valence-electron chi connectivity index (χ0n) is 11.3. The van der Waals surface area contributed by atoms with Gasteiger partial charge in [0.1, 0.15) is 12.4 Å². The van der Waals surface area contributed by atoms with Gasteiger partial charge in [0.25, 0.3) is 0 Å². The summed E-state index contributed by atoms with van der Waals surface area (Å²) in [5.41, 5.74) is 7.72. The maximum atomic E-state index is 8.81. The Labute approximate surface area is 119 Å². The first-order valence-electron chi connectivity index (χ1n) is 6.15. The molecule has 0 aliphatic carbocycles. The minimum absolute atomic E-state index is 0.359. The van der Waals surface area contributed by atoms with Gasteiger partial charge in [0, 0.05) is 6.07 Å². The third kappa shape index (κ3) is 5.01. The molecule has 0 unspecified atom stereocenters. The second-order valence-corrected chi connectivity index (χ2v) is 3.95. The Hall–Kier alpha value is -2.51. The number of anilines is 1. The van der Waals surface area contributed by atoms with E-state index >= 15 is 0 Å². The highest BCUT2D eigenvalue weighted by Crippen LogP contribution is 2.22. The van der Waals surface area contributed by atoms with E-state index in [0.29, 0.717) is 36.8 Å². The fraction of sp³-hybridized carbons (Fsp3) is 0.188. The molecule has 0 aliphatic heterocycles. The van der Waals surface area contributed by atoms with Crippen LogP contribution < -0.4 is 10.5 Å². The van der Waals surface area contributed by atoms with Crippen molar-refractivity contribution in [3.05, 3.63) is 60.7 Å². The summed E-state index contributed by atoms with van der Waals surface area (Å²) in [5, 5.41) is 8.81. The Morgan fingerprint density at radius 3 is 2.80 bits per heavy atom. The molecule has 0 aliphatic rings. The third-order valence-corrected chi connectivity index (χ3v) is 2.49. The van der Waals surface area contributed by atoms with Gasteiger partial charge >= 0.3 is 0 Å². The molecule has 104 valence electrons. The van der Waals surface area contributed by atoms with Gasteiger partial charge in [0.05, 0.1) is 30.5 Å². The summed E-state index contributed by atoms with van der Waals surface area (Å²) in [6.45, 7) is 8.52. The molecule has 0 amide bonds. The molecule has 4 heteroatoms. The van der Waals surface area contributed by atoms with Gasteiger partial charge in [-0.25, -0.2) is 0 Å². The molecule has 0 aromatic heterocycles. The molecule has 0 bridgehead atoms. The molecule has 0 saturated carbocycles. The summed E-state index contributed by atoms with van der Waals surface area (Å²) in [6.07, 6.45) is 5.24. The van der Waals surface area contributed by atoms with E-state index in [1.165, 1.54) is 0 Å². The highest BCUT2D eigenvalue weighted by atomic mass is 16.5. The molecule has 0 atom stereocenters. The van der Waals surface area contributed by atoms with Crippen molar-refractivity contribution in [2.24, 2.45) is 0 Å². The third-order valence-electron chi connectivity index (χ3n) is 2.49. The lowest BCUT2D eigenvalue weighted by Crippen LogP contribution is -2.09. The number of nitrogens with two attached hydrogens (primary N) is 1. The smallest absolute Gasteiger partial charge is 0.143 e. The van der Waals surface area contributed by atoms with Crippen molar-refractivity contribution >= 4 is 5.69 Å². The maximum absolute atomic E-state index is 8.81. The molecule has 1 aromatic carbocycles. The van der Waals surface area contributed by atoms with Crippen LogP contribution in [0, 0.1) is 11.3 Å². The summed E-state index contributed by atoms with van der Waals surface area (Å²) < 4.78 is 10.9. The number of nitriles is 1. The first kappa shape index (κ1) is 15.5. The fourth-order valence-corrected chi connectivity index (χ4v) is 1.46. The number of benzene rings is 1. The van der Waals surface area contributed by atoms with Crippen molar-refractivity contribution in [3.63, 3.8) is 0 Å². The lowest BCUT2D eigenvalue weighted by atomic mass is 10.2. The molecule has 0 fully saturated rings. The van der Waals surface area contributed by atoms with Gasteiger partial charge in [0.2, 0.25) is 0 Å². The fourth-order valence-electron chi connectivity index (χ4n) is 1.46. The van der Waals surface area contributed by atoms with Crippen LogP contribution in [0.15, 0.2) is 55.2 Å². The highest BCUT2D eigenvalue weighted by molar-refractivity contribution is 5.55. The molecule has 1 rings (SSSR count). The van der Waals surface area contributed by atoms with Crippen LogP contribution in [0.1, 0.15) is 5.56 Å². The van der Waals surface area contributed by atoms with E-state index in [9.17, 15) is 0 Å². The zero-order valence-corrected chi connectivity index (χ0v) is 11.3. The van der Waals surface area contributed by atoms with Crippen LogP contribution in [0.2, 0.25) is 0 Å². The second kappa shape index (κ2) is 8.57. The average Bonchev–Trinajstić information content (AvgIpc) is 2.47. The SMILES string of the molecule is C=C/C=C(\C=C)COCCOc1cc(C#N)ccc1N. The topological polar surface area (TPSA) is 68.3 Å². The molecule has 0 saturated heterocycles. The van der Waals surface area contributed by atoms with Gasteiger partial charge in [-0.2, -0.15) is 5.26 Å². The Bertz CT molecular complexity index is 542. The largest absolute Gasteiger partial charge is 0.489 e. The van der Waals surface area contributed by atoms with Crippen LogP contribution >= 0.6 is 0 Å². The van der Waals surface area contributed by atoms with Crippen LogP contribution in [-0.4, -0.2) is 19.8 Å². The monoisotopic (exact) mass is 270 g/mol. The van der Waals surface area contributed by atoms with Gasteiger partial charge in [-0.1, -0.05) is 31.4 Å². The quantitative estimate of drug-likeness (QED) is 0.448. The van der Waals surface area contributed by atoms with E-state index in [0.717, 1.165) is 5.57 Å². The number of allylic oxidation sites excluding steroid dienone is 2. The van der Waals surface area contributed by atoms with E-state index < -0.39 is 0 Å². The first-order chi connectivity index (χ1) is 9.71. The minimum atomic E-state index is 0.359. The van der Waals surface area contributed by atoms with Crippen LogP contribution in [0.5, 0.6) is 5.75 Å². The minimum Gasteiger partial charge on any atom is -0.489 e. The summed E-state index contributed by atoms with van der Waals surface area (Å²) in [6, 6.07) is 6.95. The summed E-state index contributed by atoms with van der Waals surface area (Å²) in [4.78, 5) is 0. The lowest BCUT2D eigenvalue weighted by Gasteiger charge is -2.09. The van der Waals surface area contributed by atoms with Gasteiger partial charge in [-0.15, -0.1) is 0 Å². The summed E-state index contributed by atoms with van der Waals surface area (Å²) >= 11 is 0. The number of rotatable bonds is 8. The number of ether oxygens (including phenoxy) is 2. The van der Waals surface area contributed by atoms with E-state index in [2.05, 4.69) is 13.2 Å². The van der Waals surface area contributed by atoms with E-state index in [-0.39, 0.29) is 0 Å². The average molecular weight is 270 g/mol. The molecule has 20 heavy (non-hydrogen) atoms. The number of hydrogen-bond acceptors (Lipinski definition) is 4. The second-order valence-electron chi connectivity index (χ2n) is 3.95. The van der Waals surface area contributed by atoms with Crippen molar-refractivity contribution in [3.8, 4) is 11.8 Å². The molecule has 0 heterocycles. The van der Waals surface area contributed by atoms with E-state index in [1.54, 1.807) is 30.4 Å².